The summed E-state index contributed by atoms with van der Waals surface area (Å²) in [5.41, 5.74) is 0.855. The molecule has 3 rings (SSSR count). The number of aromatic nitrogens is 2. The fraction of sp³-hybridized carbons (Fsp3) is 0.357. The Labute approximate surface area is 117 Å². The van der Waals surface area contributed by atoms with Crippen LogP contribution in [0.2, 0.25) is 0 Å². The highest BCUT2D eigenvalue weighted by Gasteiger charge is 2.29. The molecule has 1 unspecified atom stereocenters. The van der Waals surface area contributed by atoms with Gasteiger partial charge < -0.3 is 15.5 Å². The summed E-state index contributed by atoms with van der Waals surface area (Å²) in [7, 11) is 3.60. The van der Waals surface area contributed by atoms with Gasteiger partial charge in [-0.3, -0.25) is 4.79 Å². The molecule has 20 heavy (non-hydrogen) atoms. The Bertz CT molecular complexity index is 657. The summed E-state index contributed by atoms with van der Waals surface area (Å²) in [6.45, 7) is 0.776. The van der Waals surface area contributed by atoms with Gasteiger partial charge in [-0.1, -0.05) is 12.1 Å². The molecule has 1 aromatic carbocycles. The molecule has 2 heterocycles. The van der Waals surface area contributed by atoms with Crippen LogP contribution in [0, 0.1) is 0 Å². The van der Waals surface area contributed by atoms with Crippen molar-refractivity contribution in [3.05, 3.63) is 24.3 Å². The number of hydrogen-bond acceptors (Lipinski definition) is 5. The van der Waals surface area contributed by atoms with Crippen molar-refractivity contribution >= 4 is 28.6 Å². The van der Waals surface area contributed by atoms with Crippen molar-refractivity contribution in [1.82, 2.24) is 14.9 Å². The molecule has 0 bridgehead atoms. The average Bonchev–Trinajstić information content (AvgIpc) is 2.79. The Morgan fingerprint density at radius 3 is 2.80 bits per heavy atom. The Morgan fingerprint density at radius 2 is 2.10 bits per heavy atom. The molecule has 1 aliphatic rings. The van der Waals surface area contributed by atoms with Crippen LogP contribution in [0.4, 0.5) is 11.8 Å². The van der Waals surface area contributed by atoms with E-state index in [2.05, 4.69) is 20.6 Å². The number of fused-ring (bicyclic) bond motifs is 1. The molecule has 1 fully saturated rings. The van der Waals surface area contributed by atoms with Crippen LogP contribution in [0.5, 0.6) is 0 Å². The van der Waals surface area contributed by atoms with E-state index < -0.39 is 0 Å². The Balaban J connectivity index is 2.00. The molecule has 1 saturated heterocycles. The van der Waals surface area contributed by atoms with Crippen LogP contribution < -0.4 is 10.6 Å². The molecular weight excluding hydrogens is 254 g/mol. The van der Waals surface area contributed by atoms with Crippen LogP contribution in [0.3, 0.4) is 0 Å². The summed E-state index contributed by atoms with van der Waals surface area (Å²) in [6, 6.07) is 7.57. The van der Waals surface area contributed by atoms with Gasteiger partial charge in [-0.15, -0.1) is 0 Å². The van der Waals surface area contributed by atoms with Gasteiger partial charge in [-0.05, 0) is 18.6 Å². The van der Waals surface area contributed by atoms with Gasteiger partial charge >= 0.3 is 0 Å². The van der Waals surface area contributed by atoms with Crippen LogP contribution in [0.1, 0.15) is 6.42 Å². The lowest BCUT2D eigenvalue weighted by molar-refractivity contribution is -0.127. The Morgan fingerprint density at radius 1 is 1.30 bits per heavy atom. The van der Waals surface area contributed by atoms with Crippen molar-refractivity contribution < 1.29 is 4.79 Å². The van der Waals surface area contributed by atoms with E-state index in [0.717, 1.165) is 23.9 Å². The normalized spacial score (nSPS) is 18.6. The summed E-state index contributed by atoms with van der Waals surface area (Å²) in [4.78, 5) is 22.6. The molecule has 2 aromatic rings. The summed E-state index contributed by atoms with van der Waals surface area (Å²) in [6.07, 6.45) is 0.794. The molecule has 1 aliphatic heterocycles. The number of anilines is 2. The zero-order chi connectivity index (χ0) is 14.1. The maximum absolute atomic E-state index is 12.0. The number of amides is 1. The standard InChI is InChI=1S/C14H17N5O/c1-15-14-17-10-6-4-3-5-9(10)12(18-14)16-11-7-8-19(2)13(11)20/h3-6,11H,7-8H2,1-2H3,(H2,15,16,17,18). The van der Waals surface area contributed by atoms with Gasteiger partial charge in [0.2, 0.25) is 11.9 Å². The molecule has 1 atom stereocenters. The third kappa shape index (κ3) is 2.13. The maximum Gasteiger partial charge on any atom is 0.244 e. The predicted octanol–water partition coefficient (Wildman–Crippen LogP) is 1.31. The highest BCUT2D eigenvalue weighted by atomic mass is 16.2. The van der Waals surface area contributed by atoms with Crippen LogP contribution in [-0.4, -0.2) is 47.5 Å². The van der Waals surface area contributed by atoms with Crippen molar-refractivity contribution in [3.63, 3.8) is 0 Å². The molecule has 104 valence electrons. The first-order valence-electron chi connectivity index (χ1n) is 6.65. The number of para-hydroxylation sites is 1. The highest BCUT2D eigenvalue weighted by Crippen LogP contribution is 2.24. The van der Waals surface area contributed by atoms with Gasteiger partial charge in [-0.25, -0.2) is 4.98 Å². The van der Waals surface area contributed by atoms with Crippen molar-refractivity contribution in [2.75, 3.05) is 31.3 Å². The first kappa shape index (κ1) is 12.7. The number of benzene rings is 1. The number of carbonyl (C=O) groups is 1. The maximum atomic E-state index is 12.0. The first-order valence-corrected chi connectivity index (χ1v) is 6.65. The number of hydrogen-bond donors (Lipinski definition) is 2. The van der Waals surface area contributed by atoms with Crippen LogP contribution in [0.15, 0.2) is 24.3 Å². The fourth-order valence-electron chi connectivity index (χ4n) is 2.42. The van der Waals surface area contributed by atoms with Crippen molar-refractivity contribution in [3.8, 4) is 0 Å². The molecular formula is C14H17N5O. The Hall–Kier alpha value is -2.37. The van der Waals surface area contributed by atoms with Crippen LogP contribution >= 0.6 is 0 Å². The van der Waals surface area contributed by atoms with Gasteiger partial charge in [0.25, 0.3) is 0 Å². The van der Waals surface area contributed by atoms with E-state index in [4.69, 9.17) is 0 Å². The molecule has 0 spiro atoms. The zero-order valence-electron chi connectivity index (χ0n) is 11.6. The van der Waals surface area contributed by atoms with E-state index in [0.29, 0.717) is 11.8 Å². The van der Waals surface area contributed by atoms with E-state index >= 15 is 0 Å². The third-order valence-electron chi connectivity index (χ3n) is 3.57. The summed E-state index contributed by atoms with van der Waals surface area (Å²) < 4.78 is 0. The van der Waals surface area contributed by atoms with Crippen LogP contribution in [0.25, 0.3) is 10.9 Å². The lowest BCUT2D eigenvalue weighted by Crippen LogP contribution is -2.31. The highest BCUT2D eigenvalue weighted by molar-refractivity contribution is 5.93. The number of carbonyl (C=O) groups excluding carboxylic acids is 1. The second kappa shape index (κ2) is 4.96. The lowest BCUT2D eigenvalue weighted by atomic mass is 10.2. The van der Waals surface area contributed by atoms with Crippen molar-refractivity contribution in [2.45, 2.75) is 12.5 Å². The molecule has 0 radical (unpaired) electrons. The predicted molar refractivity (Wildman–Crippen MR) is 78.7 cm³/mol. The molecule has 2 N–H and O–H groups in total. The zero-order valence-corrected chi connectivity index (χ0v) is 11.6. The minimum atomic E-state index is -0.206. The van der Waals surface area contributed by atoms with Gasteiger partial charge in [0.15, 0.2) is 0 Å². The number of rotatable bonds is 3. The van der Waals surface area contributed by atoms with E-state index in [1.54, 1.807) is 11.9 Å². The molecule has 0 saturated carbocycles. The quantitative estimate of drug-likeness (QED) is 0.881. The summed E-state index contributed by atoms with van der Waals surface area (Å²) >= 11 is 0. The van der Waals surface area contributed by atoms with E-state index in [9.17, 15) is 4.79 Å². The molecule has 6 heteroatoms. The molecule has 6 nitrogen and oxygen atoms in total. The lowest BCUT2D eigenvalue weighted by Gasteiger charge is -2.15. The second-order valence-electron chi connectivity index (χ2n) is 4.91. The monoisotopic (exact) mass is 271 g/mol. The van der Waals surface area contributed by atoms with Gasteiger partial charge in [0.05, 0.1) is 5.52 Å². The number of likely N-dealkylation sites (tertiary alicyclic amines) is 1. The van der Waals surface area contributed by atoms with Crippen molar-refractivity contribution in [1.29, 1.82) is 0 Å². The van der Waals surface area contributed by atoms with Gasteiger partial charge in [-0.2, -0.15) is 4.98 Å². The summed E-state index contributed by atoms with van der Waals surface area (Å²) in [5, 5.41) is 7.13. The van der Waals surface area contributed by atoms with E-state index in [1.807, 2.05) is 31.3 Å². The van der Waals surface area contributed by atoms with Gasteiger partial charge in [0.1, 0.15) is 11.9 Å². The SMILES string of the molecule is CNc1nc(NC2CCN(C)C2=O)c2ccccc2n1. The third-order valence-corrected chi connectivity index (χ3v) is 3.57. The number of nitrogens with zero attached hydrogens (tertiary/aromatic N) is 3. The fourth-order valence-corrected chi connectivity index (χ4v) is 2.42. The minimum Gasteiger partial charge on any atom is -0.358 e. The largest absolute Gasteiger partial charge is 0.358 e. The Kier molecular flexibility index (Phi) is 3.14. The topological polar surface area (TPSA) is 70.2 Å². The summed E-state index contributed by atoms with van der Waals surface area (Å²) in [5.74, 6) is 1.36. The van der Waals surface area contributed by atoms with Gasteiger partial charge in [0, 0.05) is 26.0 Å². The average molecular weight is 271 g/mol. The number of likely N-dealkylation sites (N-methyl/N-ethyl adjacent to an activating group) is 1. The molecule has 0 aliphatic carbocycles. The molecule has 1 amide bonds. The second-order valence-corrected chi connectivity index (χ2v) is 4.91. The van der Waals surface area contributed by atoms with Crippen molar-refractivity contribution in [2.24, 2.45) is 0 Å². The van der Waals surface area contributed by atoms with E-state index in [-0.39, 0.29) is 11.9 Å². The minimum absolute atomic E-state index is 0.110. The first-order chi connectivity index (χ1) is 9.69. The van der Waals surface area contributed by atoms with E-state index in [1.165, 1.54) is 0 Å². The number of nitrogens with one attached hydrogen (secondary N) is 2. The van der Waals surface area contributed by atoms with Crippen LogP contribution in [-0.2, 0) is 4.79 Å². The smallest absolute Gasteiger partial charge is 0.244 e. The molecule has 1 aromatic heterocycles.